The third-order valence-corrected chi connectivity index (χ3v) is 5.74. The van der Waals surface area contributed by atoms with Crippen molar-refractivity contribution in [2.45, 2.75) is 39.5 Å². The van der Waals surface area contributed by atoms with Gasteiger partial charge in [0.2, 0.25) is 11.8 Å². The number of nitrogens with two attached hydrogens (primary N) is 1. The number of amides is 1. The molecule has 168 valence electrons. The number of halogens is 1. The molecule has 0 unspecified atom stereocenters. The highest BCUT2D eigenvalue weighted by molar-refractivity contribution is 6.30. The fourth-order valence-corrected chi connectivity index (χ4v) is 4.02. The van der Waals surface area contributed by atoms with Gasteiger partial charge in [-0.2, -0.15) is 0 Å². The minimum absolute atomic E-state index is 0.144. The van der Waals surface area contributed by atoms with E-state index in [1.54, 1.807) is 12.4 Å². The van der Waals surface area contributed by atoms with Gasteiger partial charge in [-0.05, 0) is 51.0 Å². The van der Waals surface area contributed by atoms with Crippen LogP contribution >= 0.6 is 11.6 Å². The van der Waals surface area contributed by atoms with Crippen LogP contribution in [-0.4, -0.2) is 53.6 Å². The molecule has 3 heterocycles. The molecule has 1 amide bonds. The minimum atomic E-state index is -0.144. The van der Waals surface area contributed by atoms with Gasteiger partial charge in [-0.15, -0.1) is 0 Å². The van der Waals surface area contributed by atoms with Crippen LogP contribution in [0, 0.1) is 19.8 Å². The molecule has 0 saturated carbocycles. The Morgan fingerprint density at radius 2 is 2.00 bits per heavy atom. The molecular weight excluding hydrogens is 416 g/mol. The molecule has 1 fully saturated rings. The SMILES string of the molecule is Cc1cc(OCCCC2CCN(c3ncc(Cl)cn3)CC2)nc(C)c1C(=O)NCCN. The summed E-state index contributed by atoms with van der Waals surface area (Å²) in [5.41, 5.74) is 7.57. The number of piperidine rings is 1. The van der Waals surface area contributed by atoms with Crippen molar-refractivity contribution in [2.24, 2.45) is 11.7 Å². The number of carbonyl (C=O) groups excluding carboxylic acids is 1. The van der Waals surface area contributed by atoms with Gasteiger partial charge in [0.25, 0.3) is 5.91 Å². The zero-order valence-corrected chi connectivity index (χ0v) is 19.0. The maximum absolute atomic E-state index is 12.3. The van der Waals surface area contributed by atoms with Crippen molar-refractivity contribution >= 4 is 23.5 Å². The molecule has 0 aliphatic carbocycles. The van der Waals surface area contributed by atoms with Crippen molar-refractivity contribution in [3.63, 3.8) is 0 Å². The average Bonchev–Trinajstić information content (AvgIpc) is 2.76. The number of aryl methyl sites for hydroxylation is 2. The molecule has 3 N–H and O–H groups in total. The highest BCUT2D eigenvalue weighted by atomic mass is 35.5. The molecule has 0 atom stereocenters. The Bertz CT molecular complexity index is 846. The minimum Gasteiger partial charge on any atom is -0.478 e. The topological polar surface area (TPSA) is 106 Å². The first-order valence-electron chi connectivity index (χ1n) is 10.8. The smallest absolute Gasteiger partial charge is 0.253 e. The van der Waals surface area contributed by atoms with E-state index >= 15 is 0 Å². The second kappa shape index (κ2) is 11.2. The number of ether oxygens (including phenoxy) is 1. The second-order valence-corrected chi connectivity index (χ2v) is 8.34. The van der Waals surface area contributed by atoms with Gasteiger partial charge >= 0.3 is 0 Å². The fraction of sp³-hybridized carbons (Fsp3) is 0.545. The van der Waals surface area contributed by atoms with E-state index in [0.29, 0.717) is 47.8 Å². The summed E-state index contributed by atoms with van der Waals surface area (Å²) in [5.74, 6) is 1.86. The quantitative estimate of drug-likeness (QED) is 0.570. The Morgan fingerprint density at radius 1 is 1.29 bits per heavy atom. The van der Waals surface area contributed by atoms with E-state index in [4.69, 9.17) is 22.1 Å². The zero-order valence-electron chi connectivity index (χ0n) is 18.2. The lowest BCUT2D eigenvalue weighted by molar-refractivity contribution is 0.0953. The number of pyridine rings is 1. The number of rotatable bonds is 9. The van der Waals surface area contributed by atoms with Gasteiger partial charge in [-0.1, -0.05) is 11.6 Å². The van der Waals surface area contributed by atoms with Crippen LogP contribution in [0.3, 0.4) is 0 Å². The van der Waals surface area contributed by atoms with Gasteiger partial charge in [-0.25, -0.2) is 15.0 Å². The molecule has 2 aromatic heterocycles. The van der Waals surface area contributed by atoms with E-state index in [1.165, 1.54) is 0 Å². The Balaban J connectivity index is 1.41. The Kier molecular flexibility index (Phi) is 8.43. The summed E-state index contributed by atoms with van der Waals surface area (Å²) in [5, 5.41) is 3.35. The molecule has 0 spiro atoms. The molecule has 3 rings (SSSR count). The second-order valence-electron chi connectivity index (χ2n) is 7.90. The lowest BCUT2D eigenvalue weighted by Crippen LogP contribution is -2.34. The highest BCUT2D eigenvalue weighted by Gasteiger charge is 2.21. The number of carbonyl (C=O) groups is 1. The van der Waals surface area contributed by atoms with Gasteiger partial charge < -0.3 is 20.7 Å². The average molecular weight is 447 g/mol. The van der Waals surface area contributed by atoms with Crippen molar-refractivity contribution < 1.29 is 9.53 Å². The summed E-state index contributed by atoms with van der Waals surface area (Å²) >= 11 is 5.86. The lowest BCUT2D eigenvalue weighted by atomic mass is 9.92. The van der Waals surface area contributed by atoms with Gasteiger partial charge in [0.05, 0.1) is 35.3 Å². The van der Waals surface area contributed by atoms with E-state index < -0.39 is 0 Å². The lowest BCUT2D eigenvalue weighted by Gasteiger charge is -2.31. The van der Waals surface area contributed by atoms with Crippen molar-refractivity contribution in [3.8, 4) is 5.88 Å². The third-order valence-electron chi connectivity index (χ3n) is 5.54. The summed E-state index contributed by atoms with van der Waals surface area (Å²) in [4.78, 5) is 27.5. The molecule has 0 aromatic carbocycles. The monoisotopic (exact) mass is 446 g/mol. The summed E-state index contributed by atoms with van der Waals surface area (Å²) in [6, 6.07) is 1.83. The first-order valence-corrected chi connectivity index (χ1v) is 11.2. The van der Waals surface area contributed by atoms with Crippen LogP contribution in [0.4, 0.5) is 5.95 Å². The Labute approximate surface area is 188 Å². The summed E-state index contributed by atoms with van der Waals surface area (Å²) < 4.78 is 5.87. The predicted molar refractivity (Wildman–Crippen MR) is 122 cm³/mol. The van der Waals surface area contributed by atoms with Gasteiger partial charge in [0.1, 0.15) is 0 Å². The van der Waals surface area contributed by atoms with Crippen LogP contribution in [0.25, 0.3) is 0 Å². The standard InChI is InChI=1S/C22H31ClN6O2/c1-15-12-19(28-16(2)20(15)21(30)25-8-7-24)31-11-3-4-17-5-9-29(10-6-17)22-26-13-18(23)14-27-22/h12-14,17H,3-11,24H2,1-2H3,(H,25,30). The number of hydrogen-bond donors (Lipinski definition) is 2. The van der Waals surface area contributed by atoms with Crippen LogP contribution in [0.15, 0.2) is 18.5 Å². The van der Waals surface area contributed by atoms with Crippen LogP contribution in [-0.2, 0) is 0 Å². The van der Waals surface area contributed by atoms with Crippen molar-refractivity contribution in [2.75, 3.05) is 37.7 Å². The number of nitrogens with zero attached hydrogens (tertiary/aromatic N) is 4. The van der Waals surface area contributed by atoms with Crippen molar-refractivity contribution in [3.05, 3.63) is 40.3 Å². The van der Waals surface area contributed by atoms with E-state index in [9.17, 15) is 4.79 Å². The van der Waals surface area contributed by atoms with Crippen molar-refractivity contribution in [1.29, 1.82) is 0 Å². The number of anilines is 1. The van der Waals surface area contributed by atoms with Crippen molar-refractivity contribution in [1.82, 2.24) is 20.3 Å². The summed E-state index contributed by atoms with van der Waals surface area (Å²) in [7, 11) is 0. The molecule has 31 heavy (non-hydrogen) atoms. The van der Waals surface area contributed by atoms with E-state index in [1.807, 2.05) is 19.9 Å². The predicted octanol–water partition coefficient (Wildman–Crippen LogP) is 2.91. The number of hydrogen-bond acceptors (Lipinski definition) is 7. The molecular formula is C22H31ClN6O2. The molecule has 0 radical (unpaired) electrons. The molecule has 0 bridgehead atoms. The van der Waals surface area contributed by atoms with Crippen LogP contribution in [0.2, 0.25) is 5.02 Å². The first kappa shape index (κ1) is 23.2. The summed E-state index contributed by atoms with van der Waals surface area (Å²) in [6.07, 6.45) is 7.62. The first-order chi connectivity index (χ1) is 15.0. The largest absolute Gasteiger partial charge is 0.478 e. The molecule has 1 aliphatic rings. The Hall–Kier alpha value is -2.45. The highest BCUT2D eigenvalue weighted by Crippen LogP contribution is 2.25. The maximum Gasteiger partial charge on any atom is 0.253 e. The van der Waals surface area contributed by atoms with Gasteiger partial charge in [0.15, 0.2) is 0 Å². The van der Waals surface area contributed by atoms with E-state index in [0.717, 1.165) is 50.3 Å². The summed E-state index contributed by atoms with van der Waals surface area (Å²) in [6.45, 7) is 7.12. The number of aromatic nitrogens is 3. The maximum atomic E-state index is 12.3. The molecule has 8 nitrogen and oxygen atoms in total. The van der Waals surface area contributed by atoms with Crippen LogP contribution in [0.1, 0.15) is 47.3 Å². The van der Waals surface area contributed by atoms with E-state index in [2.05, 4.69) is 25.2 Å². The molecule has 9 heteroatoms. The third kappa shape index (κ3) is 6.51. The van der Waals surface area contributed by atoms with Crippen LogP contribution < -0.4 is 20.7 Å². The Morgan fingerprint density at radius 3 is 2.65 bits per heavy atom. The normalized spacial score (nSPS) is 14.5. The number of nitrogens with one attached hydrogen (secondary N) is 1. The fourth-order valence-electron chi connectivity index (χ4n) is 3.93. The molecule has 2 aromatic rings. The van der Waals surface area contributed by atoms with E-state index in [-0.39, 0.29) is 5.91 Å². The van der Waals surface area contributed by atoms with Crippen LogP contribution in [0.5, 0.6) is 5.88 Å². The zero-order chi connectivity index (χ0) is 22.2. The van der Waals surface area contributed by atoms with Gasteiger partial charge in [-0.3, -0.25) is 4.79 Å². The molecule has 1 saturated heterocycles. The van der Waals surface area contributed by atoms with Gasteiger partial charge in [0, 0.05) is 32.2 Å². The molecule has 1 aliphatic heterocycles.